The third-order valence-electron chi connectivity index (χ3n) is 6.87. The Labute approximate surface area is 234 Å². The van der Waals surface area contributed by atoms with Gasteiger partial charge in [-0.15, -0.1) is 0 Å². The fourth-order valence-corrected chi connectivity index (χ4v) is 4.80. The monoisotopic (exact) mass is 532 g/mol. The number of rotatable bonds is 14. The zero-order valence-electron chi connectivity index (χ0n) is 22.5. The number of benzene rings is 4. The molecule has 0 amide bonds. The van der Waals surface area contributed by atoms with Crippen molar-refractivity contribution in [2.24, 2.45) is 5.92 Å². The number of carbonyl (C=O) groups excluding carboxylic acids is 4. The number of unbranched alkanes of at least 4 members (excludes halogenated alkanes) is 2. The van der Waals surface area contributed by atoms with Crippen molar-refractivity contribution in [2.75, 3.05) is 6.61 Å². The minimum atomic E-state index is -2.43. The van der Waals surface area contributed by atoms with E-state index in [4.69, 9.17) is 4.74 Å². The Balaban J connectivity index is 2.02. The first-order valence-corrected chi connectivity index (χ1v) is 13.5. The zero-order chi connectivity index (χ0) is 28.4. The van der Waals surface area contributed by atoms with Crippen LogP contribution >= 0.6 is 0 Å². The van der Waals surface area contributed by atoms with Gasteiger partial charge in [0.2, 0.25) is 17.2 Å². The van der Waals surface area contributed by atoms with Crippen LogP contribution in [-0.2, 0) is 4.74 Å². The van der Waals surface area contributed by atoms with E-state index < -0.39 is 34.7 Å². The molecule has 0 aromatic heterocycles. The average molecular weight is 533 g/mol. The van der Waals surface area contributed by atoms with Gasteiger partial charge in [0.15, 0.2) is 11.6 Å². The van der Waals surface area contributed by atoms with Gasteiger partial charge in [0, 0.05) is 28.9 Å². The maximum atomic E-state index is 14.6. The first-order chi connectivity index (χ1) is 19.5. The largest absolute Gasteiger partial charge is 0.358 e. The van der Waals surface area contributed by atoms with Crippen LogP contribution in [0.15, 0.2) is 121 Å². The van der Waals surface area contributed by atoms with Crippen LogP contribution < -0.4 is 0 Å². The van der Waals surface area contributed by atoms with Gasteiger partial charge < -0.3 is 4.74 Å². The predicted octanol–water partition coefficient (Wildman–Crippen LogP) is 7.08. The maximum Gasteiger partial charge on any atom is 0.211 e. The lowest BCUT2D eigenvalue weighted by Crippen LogP contribution is -2.60. The van der Waals surface area contributed by atoms with Crippen LogP contribution in [0.1, 0.15) is 67.6 Å². The molecule has 4 aromatic rings. The van der Waals surface area contributed by atoms with E-state index in [1.54, 1.807) is 121 Å². The van der Waals surface area contributed by atoms with E-state index in [9.17, 15) is 19.2 Å². The Morgan fingerprint density at radius 3 is 1.25 bits per heavy atom. The highest BCUT2D eigenvalue weighted by Crippen LogP contribution is 2.36. The summed E-state index contributed by atoms with van der Waals surface area (Å²) in [6.07, 6.45) is 2.22. The summed E-state index contributed by atoms with van der Waals surface area (Å²) in [6, 6.07) is 33.0. The van der Waals surface area contributed by atoms with Crippen molar-refractivity contribution in [3.05, 3.63) is 144 Å². The molecule has 0 saturated carbocycles. The molecule has 0 unspecified atom stereocenters. The number of hydrogen-bond donors (Lipinski definition) is 0. The van der Waals surface area contributed by atoms with E-state index in [1.807, 2.05) is 6.92 Å². The van der Waals surface area contributed by atoms with Gasteiger partial charge in [-0.1, -0.05) is 141 Å². The summed E-state index contributed by atoms with van der Waals surface area (Å²) in [5, 5.41) is 0. The third-order valence-corrected chi connectivity index (χ3v) is 6.87. The number of ether oxygens (including phenoxy) is 1. The maximum absolute atomic E-state index is 14.6. The molecule has 0 spiro atoms. The van der Waals surface area contributed by atoms with Crippen LogP contribution in [-0.4, -0.2) is 35.3 Å². The van der Waals surface area contributed by atoms with E-state index in [2.05, 4.69) is 0 Å². The van der Waals surface area contributed by atoms with Gasteiger partial charge in [0.25, 0.3) is 0 Å². The van der Waals surface area contributed by atoms with E-state index in [1.165, 1.54) is 0 Å². The second-order valence-electron chi connectivity index (χ2n) is 9.58. The highest BCUT2D eigenvalue weighted by molar-refractivity contribution is 6.31. The Kier molecular flexibility index (Phi) is 9.66. The lowest BCUT2D eigenvalue weighted by Gasteiger charge is -2.37. The normalized spacial score (nSPS) is 11.2. The van der Waals surface area contributed by atoms with Gasteiger partial charge in [-0.2, -0.15) is 0 Å². The van der Waals surface area contributed by atoms with Crippen LogP contribution in [0.4, 0.5) is 0 Å². The second-order valence-corrected chi connectivity index (χ2v) is 9.58. The minimum absolute atomic E-state index is 0.0195. The van der Waals surface area contributed by atoms with Crippen molar-refractivity contribution in [1.82, 2.24) is 0 Å². The van der Waals surface area contributed by atoms with Crippen LogP contribution in [0.2, 0.25) is 0 Å². The summed E-state index contributed by atoms with van der Waals surface area (Å²) in [5.41, 5.74) is -1.67. The summed E-state index contributed by atoms with van der Waals surface area (Å²) in [5.74, 6) is -4.52. The fourth-order valence-electron chi connectivity index (χ4n) is 4.80. The molecule has 0 aliphatic heterocycles. The summed E-state index contributed by atoms with van der Waals surface area (Å²) in [7, 11) is 0. The SMILES string of the molecule is CCCCCOC(C(=O)c1ccccc1)(C(=O)c1ccccc1)C(C(=O)c1ccccc1)C(=O)c1ccccc1. The van der Waals surface area contributed by atoms with Crippen molar-refractivity contribution in [1.29, 1.82) is 0 Å². The Hall–Kier alpha value is -4.48. The summed E-state index contributed by atoms with van der Waals surface area (Å²) >= 11 is 0. The summed E-state index contributed by atoms with van der Waals surface area (Å²) in [4.78, 5) is 57.9. The first kappa shape index (κ1) is 28.5. The minimum Gasteiger partial charge on any atom is -0.358 e. The van der Waals surface area contributed by atoms with Gasteiger partial charge in [-0.05, 0) is 6.42 Å². The molecule has 0 aliphatic carbocycles. The molecule has 5 heteroatoms. The number of Topliss-reactive ketones (excluding diaryl/α,β-unsaturated/α-hetero) is 4. The van der Waals surface area contributed by atoms with Gasteiger partial charge >= 0.3 is 0 Å². The quantitative estimate of drug-likeness (QED) is 0.0985. The number of hydrogen-bond acceptors (Lipinski definition) is 5. The molecule has 4 rings (SSSR count). The molecular weight excluding hydrogens is 500 g/mol. The molecule has 4 aromatic carbocycles. The lowest BCUT2D eigenvalue weighted by molar-refractivity contribution is -0.0326. The topological polar surface area (TPSA) is 77.5 Å². The molecule has 0 radical (unpaired) electrons. The van der Waals surface area contributed by atoms with Crippen molar-refractivity contribution >= 4 is 23.1 Å². The van der Waals surface area contributed by atoms with Crippen molar-refractivity contribution in [2.45, 2.75) is 31.8 Å². The fraction of sp³-hybridized carbons (Fsp3) is 0.200. The van der Waals surface area contributed by atoms with Gasteiger partial charge in [0.05, 0.1) is 0 Å². The van der Waals surface area contributed by atoms with Gasteiger partial charge in [-0.25, -0.2) is 0 Å². The highest BCUT2D eigenvalue weighted by Gasteiger charge is 2.59. The molecule has 0 heterocycles. The molecule has 5 nitrogen and oxygen atoms in total. The summed E-state index contributed by atoms with van der Waals surface area (Å²) in [6.45, 7) is 2.05. The molecule has 0 atom stereocenters. The Morgan fingerprint density at radius 1 is 0.550 bits per heavy atom. The van der Waals surface area contributed by atoms with E-state index in [0.717, 1.165) is 12.8 Å². The van der Waals surface area contributed by atoms with Crippen LogP contribution in [0.3, 0.4) is 0 Å². The predicted molar refractivity (Wildman–Crippen MR) is 155 cm³/mol. The van der Waals surface area contributed by atoms with Crippen molar-refractivity contribution in [3.63, 3.8) is 0 Å². The molecule has 0 saturated heterocycles. The molecule has 0 aliphatic rings. The molecule has 0 bridgehead atoms. The molecule has 0 N–H and O–H groups in total. The molecule has 0 fully saturated rings. The first-order valence-electron chi connectivity index (χ1n) is 13.5. The Morgan fingerprint density at radius 2 is 0.900 bits per heavy atom. The number of carbonyl (C=O) groups is 4. The van der Waals surface area contributed by atoms with Crippen LogP contribution in [0.25, 0.3) is 0 Å². The van der Waals surface area contributed by atoms with Crippen molar-refractivity contribution in [3.8, 4) is 0 Å². The molecular formula is C35H32O5. The average Bonchev–Trinajstić information content (AvgIpc) is 3.03. The van der Waals surface area contributed by atoms with Crippen LogP contribution in [0, 0.1) is 5.92 Å². The lowest BCUT2D eigenvalue weighted by atomic mass is 9.69. The summed E-state index contributed by atoms with van der Waals surface area (Å²) < 4.78 is 6.37. The standard InChI is InChI=1S/C35H32O5/c1-2-3-16-25-40-35(33(38)28-21-12-6-13-22-28,34(39)29-23-14-7-15-24-29)30(31(36)26-17-8-4-9-18-26)32(37)27-19-10-5-11-20-27/h4-15,17-24,30H,2-3,16,25H2,1H3. The van der Waals surface area contributed by atoms with Crippen molar-refractivity contribution < 1.29 is 23.9 Å². The molecule has 202 valence electrons. The highest BCUT2D eigenvalue weighted by atomic mass is 16.5. The van der Waals surface area contributed by atoms with E-state index >= 15 is 0 Å². The number of ketones is 4. The smallest absolute Gasteiger partial charge is 0.211 e. The van der Waals surface area contributed by atoms with Gasteiger partial charge in [0.1, 0.15) is 5.92 Å². The van der Waals surface area contributed by atoms with E-state index in [0.29, 0.717) is 6.42 Å². The van der Waals surface area contributed by atoms with Gasteiger partial charge in [-0.3, -0.25) is 19.2 Å². The van der Waals surface area contributed by atoms with E-state index in [-0.39, 0.29) is 28.9 Å². The second kappa shape index (κ2) is 13.5. The van der Waals surface area contributed by atoms with Crippen LogP contribution in [0.5, 0.6) is 0 Å². The third kappa shape index (κ3) is 6.05. The zero-order valence-corrected chi connectivity index (χ0v) is 22.5. The Bertz CT molecular complexity index is 1330. The molecule has 40 heavy (non-hydrogen) atoms.